The normalized spacial score (nSPS) is 22.2. The summed E-state index contributed by atoms with van der Waals surface area (Å²) < 4.78 is 124. The number of hydrogen-bond acceptors (Lipinski definition) is 5. The highest BCUT2D eigenvalue weighted by molar-refractivity contribution is 5.76. The van der Waals surface area contributed by atoms with Crippen molar-refractivity contribution in [3.05, 3.63) is 29.3 Å². The average Bonchev–Trinajstić information content (AvgIpc) is 2.99. The summed E-state index contributed by atoms with van der Waals surface area (Å²) in [6.07, 6.45) is -17.4. The minimum absolute atomic E-state index is 0.411. The number of ether oxygens (including phenoxy) is 4. The molecule has 1 aliphatic heterocycles. The fourth-order valence-corrected chi connectivity index (χ4v) is 2.54. The summed E-state index contributed by atoms with van der Waals surface area (Å²) in [5, 5.41) is 0. The number of halogens is 8. The van der Waals surface area contributed by atoms with E-state index in [4.69, 9.17) is 0 Å². The van der Waals surface area contributed by atoms with Gasteiger partial charge < -0.3 is 18.9 Å². The first kappa shape index (κ1) is 22.1. The van der Waals surface area contributed by atoms with Crippen LogP contribution in [-0.2, 0) is 19.0 Å². The number of carbonyl (C=O) groups excluding carboxylic acids is 1. The molecule has 1 saturated heterocycles. The molecule has 0 aromatic heterocycles. The van der Waals surface area contributed by atoms with E-state index in [0.29, 0.717) is 12.1 Å². The molecule has 28 heavy (non-hydrogen) atoms. The number of rotatable bonds is 4. The molecule has 0 saturated carbocycles. The maximum atomic E-state index is 13.9. The van der Waals surface area contributed by atoms with Crippen LogP contribution in [0.1, 0.15) is 18.6 Å². The average molecular weight is 424 g/mol. The van der Waals surface area contributed by atoms with Gasteiger partial charge >= 0.3 is 24.1 Å². The zero-order valence-electron chi connectivity index (χ0n) is 14.1. The number of methoxy groups -OCH3 is 1. The standard InChI is InChI=1S/C15H12F8O5/c1-3-26-12(24)11-10(6-4-5-7(16)8(17)9(6)25-2)27-13(28-11,14(18,19)20)15(21,22)23/h4-5,10-11H,3H2,1-2H3/t10-,11+/m0/s1. The van der Waals surface area contributed by atoms with Crippen LogP contribution in [-0.4, -0.2) is 43.9 Å². The molecular formula is C15H12F8O5. The van der Waals surface area contributed by atoms with Crippen LogP contribution < -0.4 is 4.74 Å². The van der Waals surface area contributed by atoms with Gasteiger partial charge in [0.25, 0.3) is 0 Å². The van der Waals surface area contributed by atoms with Crippen molar-refractivity contribution in [3.8, 4) is 5.75 Å². The van der Waals surface area contributed by atoms with E-state index in [0.717, 1.165) is 7.11 Å². The van der Waals surface area contributed by atoms with Crippen LogP contribution in [0.3, 0.4) is 0 Å². The second-order valence-corrected chi connectivity index (χ2v) is 5.42. The van der Waals surface area contributed by atoms with Gasteiger partial charge in [0.05, 0.1) is 13.7 Å². The van der Waals surface area contributed by atoms with Gasteiger partial charge in [-0.15, -0.1) is 0 Å². The lowest BCUT2D eigenvalue weighted by molar-refractivity contribution is -0.445. The van der Waals surface area contributed by atoms with E-state index in [1.165, 1.54) is 6.92 Å². The summed E-state index contributed by atoms with van der Waals surface area (Å²) in [5.74, 6) is -11.1. The first-order valence-electron chi connectivity index (χ1n) is 7.48. The third kappa shape index (κ3) is 3.48. The first-order valence-corrected chi connectivity index (χ1v) is 7.48. The summed E-state index contributed by atoms with van der Waals surface area (Å²) >= 11 is 0. The van der Waals surface area contributed by atoms with E-state index in [9.17, 15) is 39.9 Å². The fraction of sp³-hybridized carbons (Fsp3) is 0.533. The van der Waals surface area contributed by atoms with Crippen molar-refractivity contribution in [2.75, 3.05) is 13.7 Å². The molecule has 1 aromatic rings. The van der Waals surface area contributed by atoms with Crippen LogP contribution in [0.2, 0.25) is 0 Å². The smallest absolute Gasteiger partial charge is 0.453 e. The zero-order valence-corrected chi connectivity index (χ0v) is 14.1. The molecule has 1 aromatic carbocycles. The van der Waals surface area contributed by atoms with Gasteiger partial charge in [-0.3, -0.25) is 0 Å². The first-order chi connectivity index (χ1) is 12.8. The van der Waals surface area contributed by atoms with Gasteiger partial charge in [0.15, 0.2) is 17.7 Å². The molecule has 2 rings (SSSR count). The molecule has 158 valence electrons. The summed E-state index contributed by atoms with van der Waals surface area (Å²) in [6.45, 7) is 0.826. The van der Waals surface area contributed by atoms with Gasteiger partial charge in [-0.25, -0.2) is 9.18 Å². The second kappa shape index (κ2) is 7.35. The van der Waals surface area contributed by atoms with Gasteiger partial charge in [0, 0.05) is 5.56 Å². The highest BCUT2D eigenvalue weighted by atomic mass is 19.4. The van der Waals surface area contributed by atoms with Crippen molar-refractivity contribution in [2.24, 2.45) is 0 Å². The van der Waals surface area contributed by atoms with E-state index in [2.05, 4.69) is 18.9 Å². The van der Waals surface area contributed by atoms with Gasteiger partial charge in [-0.05, 0) is 19.1 Å². The second-order valence-electron chi connectivity index (χ2n) is 5.42. The fourth-order valence-electron chi connectivity index (χ4n) is 2.54. The predicted molar refractivity (Wildman–Crippen MR) is 73.1 cm³/mol. The lowest BCUT2D eigenvalue weighted by Crippen LogP contribution is -2.58. The van der Waals surface area contributed by atoms with Crippen molar-refractivity contribution in [2.45, 2.75) is 37.3 Å². The molecule has 0 aliphatic carbocycles. The van der Waals surface area contributed by atoms with E-state index in [1.54, 1.807) is 0 Å². The summed E-state index contributed by atoms with van der Waals surface area (Å²) in [7, 11) is 0.789. The number of esters is 1. The Kier molecular flexibility index (Phi) is 5.81. The number of benzene rings is 1. The third-order valence-electron chi connectivity index (χ3n) is 3.72. The van der Waals surface area contributed by atoms with Crippen molar-refractivity contribution >= 4 is 5.97 Å². The molecule has 1 heterocycles. The van der Waals surface area contributed by atoms with E-state index in [-0.39, 0.29) is 0 Å². The molecule has 13 heteroatoms. The van der Waals surface area contributed by atoms with Crippen molar-refractivity contribution < 1.29 is 58.9 Å². The number of hydrogen-bond donors (Lipinski definition) is 0. The Morgan fingerprint density at radius 1 is 1.11 bits per heavy atom. The quantitative estimate of drug-likeness (QED) is 0.544. The number of carbonyl (C=O) groups is 1. The maximum absolute atomic E-state index is 13.9. The van der Waals surface area contributed by atoms with E-state index >= 15 is 0 Å². The maximum Gasteiger partial charge on any atom is 0.453 e. The molecule has 0 amide bonds. The molecule has 1 aliphatic rings. The van der Waals surface area contributed by atoms with Gasteiger partial charge in [0.2, 0.25) is 5.82 Å². The van der Waals surface area contributed by atoms with Crippen LogP contribution in [0.4, 0.5) is 35.1 Å². The van der Waals surface area contributed by atoms with Crippen molar-refractivity contribution in [1.82, 2.24) is 0 Å². The van der Waals surface area contributed by atoms with Gasteiger partial charge in [0.1, 0.15) is 6.10 Å². The van der Waals surface area contributed by atoms with E-state index < -0.39 is 65.9 Å². The monoisotopic (exact) mass is 424 g/mol. The molecule has 0 radical (unpaired) electrons. The molecule has 2 atom stereocenters. The summed E-state index contributed by atoms with van der Waals surface area (Å²) in [4.78, 5) is 12.0. The largest absolute Gasteiger partial charge is 0.493 e. The summed E-state index contributed by atoms with van der Waals surface area (Å²) in [6, 6.07) is 1.03. The van der Waals surface area contributed by atoms with Gasteiger partial charge in [-0.1, -0.05) is 0 Å². The Morgan fingerprint density at radius 3 is 2.14 bits per heavy atom. The van der Waals surface area contributed by atoms with Crippen molar-refractivity contribution in [1.29, 1.82) is 0 Å². The topological polar surface area (TPSA) is 54.0 Å². The van der Waals surface area contributed by atoms with Crippen molar-refractivity contribution in [3.63, 3.8) is 0 Å². The van der Waals surface area contributed by atoms with Gasteiger partial charge in [-0.2, -0.15) is 30.7 Å². The molecule has 5 nitrogen and oxygen atoms in total. The van der Waals surface area contributed by atoms with E-state index in [1.807, 2.05) is 0 Å². The Labute approximate surface area is 152 Å². The van der Waals surface area contributed by atoms with Crippen LogP contribution in [0.5, 0.6) is 5.75 Å². The van der Waals surface area contributed by atoms with Crippen LogP contribution in [0, 0.1) is 11.6 Å². The molecule has 0 spiro atoms. The predicted octanol–water partition coefficient (Wildman–Crippen LogP) is 3.81. The highest BCUT2D eigenvalue weighted by Gasteiger charge is 2.80. The lowest BCUT2D eigenvalue weighted by Gasteiger charge is -2.31. The summed E-state index contributed by atoms with van der Waals surface area (Å²) in [5.41, 5.74) is -0.810. The molecule has 0 bridgehead atoms. The molecular weight excluding hydrogens is 412 g/mol. The molecule has 1 fully saturated rings. The Bertz CT molecular complexity index is 731. The zero-order chi connectivity index (χ0) is 21.5. The SMILES string of the molecule is CCOC(=O)[C@@H]1OC(C(F)(F)F)(C(F)(F)F)O[C@H]1c1ccc(F)c(F)c1OC. The molecule has 0 N–H and O–H groups in total. The highest BCUT2D eigenvalue weighted by Crippen LogP contribution is 2.56. The van der Waals surface area contributed by atoms with Crippen LogP contribution in [0.15, 0.2) is 12.1 Å². The number of alkyl halides is 6. The lowest BCUT2D eigenvalue weighted by atomic mass is 10.0. The van der Waals surface area contributed by atoms with Crippen LogP contribution >= 0.6 is 0 Å². The Morgan fingerprint density at radius 2 is 1.68 bits per heavy atom. The third-order valence-corrected chi connectivity index (χ3v) is 3.72. The molecule has 0 unspecified atom stereocenters. The minimum Gasteiger partial charge on any atom is -0.493 e. The Balaban J connectivity index is 2.67. The minimum atomic E-state index is -6.17. The Hall–Kier alpha value is -2.15. The van der Waals surface area contributed by atoms with Crippen LogP contribution in [0.25, 0.3) is 0 Å².